The second-order valence-electron chi connectivity index (χ2n) is 7.84. The Morgan fingerprint density at radius 3 is 2.84 bits per heavy atom. The van der Waals surface area contributed by atoms with Crippen molar-refractivity contribution in [2.24, 2.45) is 0 Å². The van der Waals surface area contributed by atoms with E-state index in [0.717, 1.165) is 59.0 Å². The van der Waals surface area contributed by atoms with Crippen LogP contribution < -0.4 is 4.74 Å². The SMILES string of the molecule is CCC(Oc1cccc2[nH]ccc12)N1CC=C(c2c[nH]c3cc([N+](=O)[O-])ccc23)CC1. The van der Waals surface area contributed by atoms with E-state index in [2.05, 4.69) is 33.9 Å². The van der Waals surface area contributed by atoms with Crippen molar-refractivity contribution in [1.29, 1.82) is 0 Å². The normalized spacial score (nSPS) is 15.8. The third-order valence-corrected chi connectivity index (χ3v) is 6.04. The van der Waals surface area contributed by atoms with E-state index in [9.17, 15) is 10.1 Å². The van der Waals surface area contributed by atoms with Crippen LogP contribution in [0.5, 0.6) is 5.75 Å². The van der Waals surface area contributed by atoms with Gasteiger partial charge in [-0.15, -0.1) is 0 Å². The van der Waals surface area contributed by atoms with E-state index in [1.54, 1.807) is 12.1 Å². The van der Waals surface area contributed by atoms with Gasteiger partial charge >= 0.3 is 0 Å². The van der Waals surface area contributed by atoms with E-state index in [-0.39, 0.29) is 16.8 Å². The molecule has 0 radical (unpaired) electrons. The fourth-order valence-corrected chi connectivity index (χ4v) is 4.41. The highest BCUT2D eigenvalue weighted by Crippen LogP contribution is 2.32. The number of benzene rings is 2. The Morgan fingerprint density at radius 2 is 2.06 bits per heavy atom. The molecule has 2 aromatic carbocycles. The highest BCUT2D eigenvalue weighted by Gasteiger charge is 2.23. The molecule has 1 unspecified atom stereocenters. The van der Waals surface area contributed by atoms with Crippen molar-refractivity contribution in [2.45, 2.75) is 26.0 Å². The van der Waals surface area contributed by atoms with Crippen LogP contribution in [0.4, 0.5) is 5.69 Å². The molecule has 0 aliphatic carbocycles. The molecule has 31 heavy (non-hydrogen) atoms. The number of aromatic nitrogens is 2. The van der Waals surface area contributed by atoms with Crippen molar-refractivity contribution >= 4 is 33.1 Å². The molecule has 0 bridgehead atoms. The molecule has 7 nitrogen and oxygen atoms in total. The number of fused-ring (bicyclic) bond motifs is 2. The summed E-state index contributed by atoms with van der Waals surface area (Å²) in [7, 11) is 0. The number of non-ortho nitro benzene ring substituents is 1. The quantitative estimate of drug-likeness (QED) is 0.323. The summed E-state index contributed by atoms with van der Waals surface area (Å²) in [6, 6.07) is 13.1. The molecule has 0 saturated carbocycles. The first-order chi connectivity index (χ1) is 15.1. The molecule has 2 N–H and O–H groups in total. The number of hydrogen-bond acceptors (Lipinski definition) is 4. The van der Waals surface area contributed by atoms with Gasteiger partial charge in [-0.25, -0.2) is 0 Å². The van der Waals surface area contributed by atoms with E-state index in [1.165, 1.54) is 5.57 Å². The van der Waals surface area contributed by atoms with E-state index in [0.29, 0.717) is 0 Å². The zero-order chi connectivity index (χ0) is 21.4. The summed E-state index contributed by atoms with van der Waals surface area (Å²) in [4.78, 5) is 19.4. The van der Waals surface area contributed by atoms with Crippen LogP contribution in [0.15, 0.2) is 60.9 Å². The van der Waals surface area contributed by atoms with Crippen LogP contribution in [0.3, 0.4) is 0 Å². The second kappa shape index (κ2) is 7.92. The molecular formula is C24H24N4O3. The van der Waals surface area contributed by atoms with Crippen LogP contribution in [0.25, 0.3) is 27.4 Å². The minimum Gasteiger partial charge on any atom is -0.474 e. The summed E-state index contributed by atoms with van der Waals surface area (Å²) in [5.74, 6) is 0.901. The summed E-state index contributed by atoms with van der Waals surface area (Å²) in [6.07, 6.45) is 7.93. The van der Waals surface area contributed by atoms with E-state index >= 15 is 0 Å². The predicted octanol–water partition coefficient (Wildman–Crippen LogP) is 5.46. The Balaban J connectivity index is 1.34. The van der Waals surface area contributed by atoms with Crippen molar-refractivity contribution in [3.05, 3.63) is 76.6 Å². The molecule has 5 rings (SSSR count). The average molecular weight is 416 g/mol. The van der Waals surface area contributed by atoms with Crippen molar-refractivity contribution in [1.82, 2.24) is 14.9 Å². The first-order valence-corrected chi connectivity index (χ1v) is 10.6. The Hall–Kier alpha value is -3.58. The molecule has 3 heterocycles. The van der Waals surface area contributed by atoms with Gasteiger partial charge in [0.15, 0.2) is 6.23 Å². The maximum absolute atomic E-state index is 11.0. The molecule has 4 aromatic rings. The zero-order valence-corrected chi connectivity index (χ0v) is 17.3. The highest BCUT2D eigenvalue weighted by molar-refractivity contribution is 5.94. The van der Waals surface area contributed by atoms with Gasteiger partial charge in [0.25, 0.3) is 5.69 Å². The van der Waals surface area contributed by atoms with Gasteiger partial charge in [-0.05, 0) is 42.7 Å². The molecule has 0 amide bonds. The molecule has 7 heteroatoms. The van der Waals surface area contributed by atoms with Gasteiger partial charge in [0.1, 0.15) is 5.75 Å². The Labute approximate surface area is 179 Å². The van der Waals surface area contributed by atoms with Gasteiger partial charge in [-0.2, -0.15) is 0 Å². The molecule has 0 spiro atoms. The van der Waals surface area contributed by atoms with Gasteiger partial charge in [-0.1, -0.05) is 19.1 Å². The third kappa shape index (κ3) is 3.57. The van der Waals surface area contributed by atoms with Crippen molar-refractivity contribution in [2.75, 3.05) is 13.1 Å². The largest absolute Gasteiger partial charge is 0.474 e. The summed E-state index contributed by atoms with van der Waals surface area (Å²) in [5, 5.41) is 13.2. The highest BCUT2D eigenvalue weighted by atomic mass is 16.6. The summed E-state index contributed by atoms with van der Waals surface area (Å²) in [6.45, 7) is 3.84. The number of H-pyrrole nitrogens is 2. The lowest BCUT2D eigenvalue weighted by atomic mass is 9.98. The lowest BCUT2D eigenvalue weighted by Gasteiger charge is -2.33. The Kier molecular flexibility index (Phi) is 4.95. The fraction of sp³-hybridized carbons (Fsp3) is 0.250. The van der Waals surface area contributed by atoms with Gasteiger partial charge in [0.05, 0.1) is 10.4 Å². The number of ether oxygens (including phenoxy) is 1. The zero-order valence-electron chi connectivity index (χ0n) is 17.3. The Bertz CT molecular complexity index is 1290. The van der Waals surface area contributed by atoms with Crippen LogP contribution in [-0.2, 0) is 0 Å². The second-order valence-corrected chi connectivity index (χ2v) is 7.84. The molecule has 0 fully saturated rings. The van der Waals surface area contributed by atoms with Gasteiger partial charge < -0.3 is 14.7 Å². The number of hydrogen-bond donors (Lipinski definition) is 2. The minimum absolute atomic E-state index is 0.00363. The molecule has 1 aliphatic rings. The van der Waals surface area contributed by atoms with Gasteiger partial charge in [0.2, 0.25) is 0 Å². The van der Waals surface area contributed by atoms with Crippen LogP contribution in [0.1, 0.15) is 25.3 Å². The van der Waals surface area contributed by atoms with E-state index < -0.39 is 0 Å². The summed E-state index contributed by atoms with van der Waals surface area (Å²) >= 11 is 0. The summed E-state index contributed by atoms with van der Waals surface area (Å²) < 4.78 is 6.41. The van der Waals surface area contributed by atoms with Crippen LogP contribution in [0.2, 0.25) is 0 Å². The third-order valence-electron chi connectivity index (χ3n) is 6.04. The molecule has 0 saturated heterocycles. The first kappa shape index (κ1) is 19.4. The summed E-state index contributed by atoms with van der Waals surface area (Å²) in [5.41, 5.74) is 4.36. The van der Waals surface area contributed by atoms with Crippen molar-refractivity contribution < 1.29 is 9.66 Å². The van der Waals surface area contributed by atoms with E-state index in [1.807, 2.05) is 36.7 Å². The van der Waals surface area contributed by atoms with Crippen LogP contribution >= 0.6 is 0 Å². The number of nitrogens with zero attached hydrogens (tertiary/aromatic N) is 2. The predicted molar refractivity (Wildman–Crippen MR) is 122 cm³/mol. The Morgan fingerprint density at radius 1 is 1.16 bits per heavy atom. The van der Waals surface area contributed by atoms with Gasteiger partial charge in [-0.3, -0.25) is 15.0 Å². The first-order valence-electron chi connectivity index (χ1n) is 10.6. The number of nitro groups is 1. The average Bonchev–Trinajstić information content (AvgIpc) is 3.44. The number of rotatable bonds is 6. The maximum Gasteiger partial charge on any atom is 0.271 e. The molecule has 1 atom stereocenters. The molecular weight excluding hydrogens is 392 g/mol. The van der Waals surface area contributed by atoms with Crippen LogP contribution in [0, 0.1) is 10.1 Å². The molecule has 158 valence electrons. The topological polar surface area (TPSA) is 87.2 Å². The van der Waals surface area contributed by atoms with Crippen molar-refractivity contribution in [3.63, 3.8) is 0 Å². The van der Waals surface area contributed by atoms with E-state index in [4.69, 9.17) is 4.74 Å². The monoisotopic (exact) mass is 416 g/mol. The fourth-order valence-electron chi connectivity index (χ4n) is 4.41. The lowest BCUT2D eigenvalue weighted by Crippen LogP contribution is -2.41. The smallest absolute Gasteiger partial charge is 0.271 e. The molecule has 2 aromatic heterocycles. The van der Waals surface area contributed by atoms with Crippen LogP contribution in [-0.4, -0.2) is 39.1 Å². The van der Waals surface area contributed by atoms with Gasteiger partial charge in [0, 0.05) is 59.5 Å². The lowest BCUT2D eigenvalue weighted by molar-refractivity contribution is -0.384. The van der Waals surface area contributed by atoms with Crippen molar-refractivity contribution in [3.8, 4) is 5.75 Å². The number of nitrogens with one attached hydrogen (secondary N) is 2. The minimum atomic E-state index is -0.365. The standard InChI is InChI=1S/C24H24N4O3/c1-2-24(31-23-5-3-4-21-19(23)8-11-25-21)27-12-9-16(10-13-27)20-15-26-22-14-17(28(29)30)6-7-18(20)22/h3-9,11,14-15,24-26H,2,10,12-13H2,1H3. The maximum atomic E-state index is 11.0. The number of aromatic amines is 2. The number of nitro benzene ring substituents is 1. The molecule has 1 aliphatic heterocycles.